The second-order valence-electron chi connectivity index (χ2n) is 5.36. The van der Waals surface area contributed by atoms with Crippen LogP contribution in [0.15, 0.2) is 0 Å². The topological polar surface area (TPSA) is 6.48 Å². The van der Waals surface area contributed by atoms with Crippen LogP contribution in [0.2, 0.25) is 0 Å². The Bertz CT molecular complexity index is 166. The largest absolute Gasteiger partial charge is 0.302 e. The maximum Gasteiger partial charge on any atom is 0.0232 e. The molecular weight excluding hydrogens is 172 g/mol. The average molecular weight is 198 g/mol. The Morgan fingerprint density at radius 2 is 1.93 bits per heavy atom. The summed E-state index contributed by atoms with van der Waals surface area (Å²) in [6, 6.07) is 1.51. The van der Waals surface area contributed by atoms with Crippen LogP contribution in [0.3, 0.4) is 0 Å². The molecule has 84 valence electrons. The van der Waals surface area contributed by atoms with Gasteiger partial charge in [-0.1, -0.05) is 13.8 Å². The first-order valence-corrected chi connectivity index (χ1v) is 5.95. The van der Waals surface area contributed by atoms with E-state index in [4.69, 9.17) is 0 Å². The first-order chi connectivity index (χ1) is 6.50. The molecule has 0 spiro atoms. The minimum atomic E-state index is 0.715. The Labute approximate surface area is 89.3 Å². The number of likely N-dealkylation sites (tertiary alicyclic amines) is 1. The fourth-order valence-corrected chi connectivity index (χ4v) is 2.32. The molecule has 14 heavy (non-hydrogen) atoms. The molecule has 1 atom stereocenters. The van der Waals surface area contributed by atoms with Gasteiger partial charge < -0.3 is 4.90 Å². The second kappa shape index (κ2) is 5.13. The molecule has 1 aliphatic heterocycles. The van der Waals surface area contributed by atoms with E-state index in [0.717, 1.165) is 12.0 Å². The molecule has 1 rings (SSSR count). The third kappa shape index (κ3) is 3.25. The molecule has 0 N–H and O–H groups in total. The fraction of sp³-hybridized carbons (Fsp3) is 1.00. The molecular formula is C12H26N2. The van der Waals surface area contributed by atoms with Gasteiger partial charge in [0.05, 0.1) is 0 Å². The van der Waals surface area contributed by atoms with E-state index in [1.54, 1.807) is 0 Å². The van der Waals surface area contributed by atoms with E-state index in [2.05, 4.69) is 44.5 Å². The lowest BCUT2D eigenvalue weighted by atomic mass is 10.1. The Morgan fingerprint density at radius 3 is 2.36 bits per heavy atom. The Kier molecular flexibility index (Phi) is 4.39. The van der Waals surface area contributed by atoms with Gasteiger partial charge in [0.1, 0.15) is 0 Å². The van der Waals surface area contributed by atoms with Crippen molar-refractivity contribution in [3.63, 3.8) is 0 Å². The summed E-state index contributed by atoms with van der Waals surface area (Å²) in [6.07, 6.45) is 1.35. The molecule has 1 aliphatic rings. The van der Waals surface area contributed by atoms with E-state index in [1.165, 1.54) is 26.1 Å². The molecule has 1 fully saturated rings. The molecule has 0 radical (unpaired) electrons. The van der Waals surface area contributed by atoms with Gasteiger partial charge in [-0.05, 0) is 33.2 Å². The van der Waals surface area contributed by atoms with Crippen molar-refractivity contribution >= 4 is 0 Å². The average Bonchev–Trinajstić information content (AvgIpc) is 2.50. The van der Waals surface area contributed by atoms with E-state index in [0.29, 0.717) is 6.04 Å². The van der Waals surface area contributed by atoms with Crippen molar-refractivity contribution in [2.45, 2.75) is 46.2 Å². The summed E-state index contributed by atoms with van der Waals surface area (Å²) < 4.78 is 0. The predicted octanol–water partition coefficient (Wildman–Crippen LogP) is 2.06. The maximum absolute atomic E-state index is 2.58. The summed E-state index contributed by atoms with van der Waals surface area (Å²) in [4.78, 5) is 5.12. The van der Waals surface area contributed by atoms with E-state index in [-0.39, 0.29) is 0 Å². The fourth-order valence-electron chi connectivity index (χ4n) is 2.32. The van der Waals surface area contributed by atoms with Gasteiger partial charge in [-0.2, -0.15) is 0 Å². The lowest BCUT2D eigenvalue weighted by molar-refractivity contribution is 0.199. The lowest BCUT2D eigenvalue weighted by Gasteiger charge is -2.27. The van der Waals surface area contributed by atoms with Crippen LogP contribution in [-0.2, 0) is 0 Å². The molecule has 1 saturated heterocycles. The first kappa shape index (κ1) is 12.0. The summed E-state index contributed by atoms with van der Waals surface area (Å²) in [5.41, 5.74) is 0. The van der Waals surface area contributed by atoms with Crippen molar-refractivity contribution in [2.75, 3.05) is 26.7 Å². The lowest BCUT2D eigenvalue weighted by Crippen LogP contribution is -2.38. The molecule has 0 bridgehead atoms. The van der Waals surface area contributed by atoms with Gasteiger partial charge in [0, 0.05) is 31.7 Å². The summed E-state index contributed by atoms with van der Waals surface area (Å²) in [5.74, 6) is 0.785. The minimum Gasteiger partial charge on any atom is -0.302 e. The first-order valence-electron chi connectivity index (χ1n) is 5.95. The monoisotopic (exact) mass is 198 g/mol. The van der Waals surface area contributed by atoms with Crippen molar-refractivity contribution in [3.05, 3.63) is 0 Å². The number of nitrogens with zero attached hydrogens (tertiary/aromatic N) is 2. The van der Waals surface area contributed by atoms with E-state index in [9.17, 15) is 0 Å². The van der Waals surface area contributed by atoms with Crippen LogP contribution in [-0.4, -0.2) is 48.6 Å². The van der Waals surface area contributed by atoms with Crippen molar-refractivity contribution in [3.8, 4) is 0 Å². The standard InChI is InChI=1S/C12H26N2/c1-10(2)8-13(5)12-6-7-14(9-12)11(3)4/h10-12H,6-9H2,1-5H3. The molecule has 1 unspecified atom stereocenters. The molecule has 0 saturated carbocycles. The van der Waals surface area contributed by atoms with Crippen LogP contribution in [0, 0.1) is 5.92 Å². The van der Waals surface area contributed by atoms with Crippen molar-refractivity contribution < 1.29 is 0 Å². The molecule has 2 nitrogen and oxygen atoms in total. The minimum absolute atomic E-state index is 0.715. The number of rotatable bonds is 4. The van der Waals surface area contributed by atoms with Crippen molar-refractivity contribution in [1.82, 2.24) is 9.80 Å². The van der Waals surface area contributed by atoms with Crippen LogP contribution >= 0.6 is 0 Å². The highest BCUT2D eigenvalue weighted by molar-refractivity contribution is 4.83. The van der Waals surface area contributed by atoms with Crippen LogP contribution in [0.1, 0.15) is 34.1 Å². The van der Waals surface area contributed by atoms with Gasteiger partial charge in [0.2, 0.25) is 0 Å². The highest BCUT2D eigenvalue weighted by Gasteiger charge is 2.26. The van der Waals surface area contributed by atoms with Gasteiger partial charge >= 0.3 is 0 Å². The zero-order valence-corrected chi connectivity index (χ0v) is 10.5. The number of hydrogen-bond donors (Lipinski definition) is 0. The summed E-state index contributed by atoms with van der Waals surface area (Å²) in [6.45, 7) is 13.0. The molecule has 0 amide bonds. The number of hydrogen-bond acceptors (Lipinski definition) is 2. The molecule has 1 heterocycles. The van der Waals surface area contributed by atoms with Crippen LogP contribution in [0.4, 0.5) is 0 Å². The number of likely N-dealkylation sites (N-methyl/N-ethyl adjacent to an activating group) is 1. The van der Waals surface area contributed by atoms with E-state index in [1.807, 2.05) is 0 Å². The van der Waals surface area contributed by atoms with Gasteiger partial charge in [-0.3, -0.25) is 4.90 Å². The van der Waals surface area contributed by atoms with Gasteiger partial charge in [0.15, 0.2) is 0 Å². The SMILES string of the molecule is CC(C)CN(C)C1CCN(C(C)C)C1. The zero-order valence-electron chi connectivity index (χ0n) is 10.5. The van der Waals surface area contributed by atoms with Crippen molar-refractivity contribution in [1.29, 1.82) is 0 Å². The molecule has 0 aromatic carbocycles. The quantitative estimate of drug-likeness (QED) is 0.682. The van der Waals surface area contributed by atoms with Gasteiger partial charge in [-0.25, -0.2) is 0 Å². The third-order valence-electron chi connectivity index (χ3n) is 3.20. The third-order valence-corrected chi connectivity index (χ3v) is 3.20. The summed E-state index contributed by atoms with van der Waals surface area (Å²) >= 11 is 0. The van der Waals surface area contributed by atoms with E-state index >= 15 is 0 Å². The Balaban J connectivity index is 2.34. The highest BCUT2D eigenvalue weighted by atomic mass is 15.2. The maximum atomic E-state index is 2.58. The Morgan fingerprint density at radius 1 is 1.29 bits per heavy atom. The summed E-state index contributed by atoms with van der Waals surface area (Å²) in [5, 5.41) is 0. The molecule has 0 aromatic rings. The zero-order chi connectivity index (χ0) is 10.7. The predicted molar refractivity (Wildman–Crippen MR) is 62.6 cm³/mol. The van der Waals surface area contributed by atoms with Gasteiger partial charge in [-0.15, -0.1) is 0 Å². The summed E-state index contributed by atoms with van der Waals surface area (Å²) in [7, 11) is 2.27. The highest BCUT2D eigenvalue weighted by Crippen LogP contribution is 2.17. The second-order valence-corrected chi connectivity index (χ2v) is 5.36. The van der Waals surface area contributed by atoms with Gasteiger partial charge in [0.25, 0.3) is 0 Å². The van der Waals surface area contributed by atoms with Crippen LogP contribution in [0.25, 0.3) is 0 Å². The normalized spacial score (nSPS) is 24.4. The van der Waals surface area contributed by atoms with Crippen LogP contribution < -0.4 is 0 Å². The molecule has 0 aliphatic carbocycles. The van der Waals surface area contributed by atoms with Crippen molar-refractivity contribution in [2.24, 2.45) is 5.92 Å². The van der Waals surface area contributed by atoms with Crippen LogP contribution in [0.5, 0.6) is 0 Å². The smallest absolute Gasteiger partial charge is 0.0232 e. The van der Waals surface area contributed by atoms with E-state index < -0.39 is 0 Å². The molecule has 0 aromatic heterocycles. The molecule has 2 heteroatoms. The Hall–Kier alpha value is -0.0800.